The maximum atomic E-state index is 11.3. The number of carbonyl (C=O) groups is 1. The molecule has 2 nitrogen and oxygen atoms in total. The van der Waals surface area contributed by atoms with Crippen LogP contribution in [0.2, 0.25) is 0 Å². The van der Waals surface area contributed by atoms with E-state index in [0.717, 1.165) is 11.3 Å². The molecule has 1 N–H and O–H groups in total. The van der Waals surface area contributed by atoms with Crippen molar-refractivity contribution in [1.82, 2.24) is 5.32 Å². The average molecular weight is 209 g/mol. The standard InChI is InChI=1S/C11H15NOS/c1-3-14-11(13)12-9(2)10-7-5-4-6-8-10/h4-9H,3H2,1-2H3,(H,12,13). The summed E-state index contributed by atoms with van der Waals surface area (Å²) in [6.45, 7) is 3.96. The number of nitrogens with one attached hydrogen (secondary N) is 1. The minimum Gasteiger partial charge on any atom is -0.340 e. The topological polar surface area (TPSA) is 29.1 Å². The number of hydrogen-bond acceptors (Lipinski definition) is 2. The minimum absolute atomic E-state index is 0.0452. The zero-order valence-corrected chi connectivity index (χ0v) is 9.30. The van der Waals surface area contributed by atoms with Crippen molar-refractivity contribution in [1.29, 1.82) is 0 Å². The fraction of sp³-hybridized carbons (Fsp3) is 0.364. The second-order valence-corrected chi connectivity index (χ2v) is 4.23. The van der Waals surface area contributed by atoms with Gasteiger partial charge in [-0.15, -0.1) is 0 Å². The molecule has 0 fully saturated rings. The van der Waals surface area contributed by atoms with Gasteiger partial charge in [-0.25, -0.2) is 0 Å². The van der Waals surface area contributed by atoms with Crippen LogP contribution in [0.1, 0.15) is 25.5 Å². The highest BCUT2D eigenvalue weighted by Gasteiger charge is 2.07. The van der Waals surface area contributed by atoms with Gasteiger partial charge in [0.05, 0.1) is 6.04 Å². The molecular weight excluding hydrogens is 194 g/mol. The Kier molecular flexibility index (Phi) is 4.53. The first-order valence-electron chi connectivity index (χ1n) is 4.72. The molecule has 0 aliphatic heterocycles. The molecule has 1 rings (SSSR count). The average Bonchev–Trinajstić information content (AvgIpc) is 2.19. The highest BCUT2D eigenvalue weighted by atomic mass is 32.2. The fourth-order valence-electron chi connectivity index (χ4n) is 1.17. The Hall–Kier alpha value is -0.960. The van der Waals surface area contributed by atoms with Crippen molar-refractivity contribution in [3.63, 3.8) is 0 Å². The number of carbonyl (C=O) groups excluding carboxylic acids is 1. The molecule has 3 heteroatoms. The summed E-state index contributed by atoms with van der Waals surface area (Å²) in [5.41, 5.74) is 1.14. The molecule has 14 heavy (non-hydrogen) atoms. The molecule has 0 saturated heterocycles. The fourth-order valence-corrected chi connectivity index (χ4v) is 1.70. The highest BCUT2D eigenvalue weighted by molar-refractivity contribution is 8.13. The lowest BCUT2D eigenvalue weighted by Gasteiger charge is -2.13. The van der Waals surface area contributed by atoms with E-state index in [0.29, 0.717) is 0 Å². The first-order valence-corrected chi connectivity index (χ1v) is 5.71. The second-order valence-electron chi connectivity index (χ2n) is 3.00. The molecule has 0 aliphatic rings. The summed E-state index contributed by atoms with van der Waals surface area (Å²) in [6.07, 6.45) is 0. The quantitative estimate of drug-likeness (QED) is 0.828. The molecule has 0 radical (unpaired) electrons. The normalized spacial score (nSPS) is 12.1. The number of rotatable bonds is 3. The van der Waals surface area contributed by atoms with E-state index >= 15 is 0 Å². The predicted molar refractivity (Wildman–Crippen MR) is 61.5 cm³/mol. The zero-order chi connectivity index (χ0) is 10.4. The van der Waals surface area contributed by atoms with E-state index in [1.54, 1.807) is 0 Å². The molecule has 1 atom stereocenters. The van der Waals surface area contributed by atoms with Crippen LogP contribution < -0.4 is 5.32 Å². The van der Waals surface area contributed by atoms with Crippen molar-refractivity contribution in [3.8, 4) is 0 Å². The van der Waals surface area contributed by atoms with Gasteiger partial charge in [-0.3, -0.25) is 4.79 Å². The van der Waals surface area contributed by atoms with Crippen molar-refractivity contribution >= 4 is 17.0 Å². The summed E-state index contributed by atoms with van der Waals surface area (Å²) in [5, 5.41) is 2.97. The number of thioether (sulfide) groups is 1. The molecule has 0 spiro atoms. The summed E-state index contributed by atoms with van der Waals surface area (Å²) >= 11 is 1.30. The van der Waals surface area contributed by atoms with Crippen LogP contribution >= 0.6 is 11.8 Å². The molecule has 1 unspecified atom stereocenters. The van der Waals surface area contributed by atoms with Crippen molar-refractivity contribution in [2.75, 3.05) is 5.75 Å². The van der Waals surface area contributed by atoms with Crippen molar-refractivity contribution < 1.29 is 4.79 Å². The van der Waals surface area contributed by atoms with Gasteiger partial charge >= 0.3 is 0 Å². The zero-order valence-electron chi connectivity index (χ0n) is 8.49. The number of hydrogen-bond donors (Lipinski definition) is 1. The summed E-state index contributed by atoms with van der Waals surface area (Å²) in [7, 11) is 0. The van der Waals surface area contributed by atoms with Gasteiger partial charge in [0.25, 0.3) is 5.24 Å². The molecule has 1 aromatic rings. The van der Waals surface area contributed by atoms with Gasteiger partial charge in [-0.05, 0) is 18.2 Å². The Morgan fingerprint density at radius 2 is 2.07 bits per heavy atom. The van der Waals surface area contributed by atoms with E-state index in [4.69, 9.17) is 0 Å². The molecule has 0 saturated carbocycles. The summed E-state index contributed by atoms with van der Waals surface area (Å²) < 4.78 is 0. The SMILES string of the molecule is CCSC(=O)NC(C)c1ccccc1. The van der Waals surface area contributed by atoms with Gasteiger partial charge in [0, 0.05) is 0 Å². The van der Waals surface area contributed by atoms with Crippen LogP contribution in [0.5, 0.6) is 0 Å². The van der Waals surface area contributed by atoms with Gasteiger partial charge in [0.2, 0.25) is 0 Å². The lowest BCUT2D eigenvalue weighted by atomic mass is 10.1. The summed E-state index contributed by atoms with van der Waals surface area (Å²) in [6, 6.07) is 10.0. The van der Waals surface area contributed by atoms with Gasteiger partial charge in [-0.2, -0.15) is 0 Å². The van der Waals surface area contributed by atoms with Gasteiger partial charge in [-0.1, -0.05) is 49.0 Å². The van der Waals surface area contributed by atoms with Gasteiger partial charge in [0.15, 0.2) is 0 Å². The molecule has 0 aliphatic carbocycles. The molecule has 0 heterocycles. The van der Waals surface area contributed by atoms with E-state index in [2.05, 4.69) is 5.32 Å². The molecule has 0 aromatic heterocycles. The van der Waals surface area contributed by atoms with Crippen LogP contribution in [0.25, 0.3) is 0 Å². The first kappa shape index (κ1) is 11.1. The third kappa shape index (κ3) is 3.42. The van der Waals surface area contributed by atoms with Crippen LogP contribution in [0.15, 0.2) is 30.3 Å². The van der Waals surface area contributed by atoms with Crippen LogP contribution in [0.4, 0.5) is 4.79 Å². The number of amides is 1. The van der Waals surface area contributed by atoms with E-state index in [9.17, 15) is 4.79 Å². The Labute approximate surface area is 89.1 Å². The first-order chi connectivity index (χ1) is 6.74. The monoisotopic (exact) mass is 209 g/mol. The van der Waals surface area contributed by atoms with Gasteiger partial charge in [0.1, 0.15) is 0 Å². The molecular formula is C11H15NOS. The molecule has 76 valence electrons. The Balaban J connectivity index is 2.50. The van der Waals surface area contributed by atoms with Crippen LogP contribution in [0.3, 0.4) is 0 Å². The lowest BCUT2D eigenvalue weighted by molar-refractivity contribution is 0.258. The maximum absolute atomic E-state index is 11.3. The minimum atomic E-state index is 0.0452. The van der Waals surface area contributed by atoms with Crippen molar-refractivity contribution in [2.24, 2.45) is 0 Å². The smallest absolute Gasteiger partial charge is 0.279 e. The Morgan fingerprint density at radius 1 is 1.43 bits per heavy atom. The third-order valence-corrected chi connectivity index (χ3v) is 2.58. The molecule has 0 bridgehead atoms. The summed E-state index contributed by atoms with van der Waals surface area (Å²) in [4.78, 5) is 11.3. The third-order valence-electron chi connectivity index (χ3n) is 1.91. The van der Waals surface area contributed by atoms with Crippen LogP contribution in [0, 0.1) is 0 Å². The summed E-state index contributed by atoms with van der Waals surface area (Å²) in [5.74, 6) is 0.813. The Bertz CT molecular complexity index is 287. The maximum Gasteiger partial charge on any atom is 0.279 e. The highest BCUT2D eigenvalue weighted by Crippen LogP contribution is 2.13. The second kappa shape index (κ2) is 5.70. The van der Waals surface area contributed by atoms with E-state index in [1.165, 1.54) is 11.8 Å². The van der Waals surface area contributed by atoms with Crippen LogP contribution in [-0.2, 0) is 0 Å². The van der Waals surface area contributed by atoms with E-state index in [-0.39, 0.29) is 11.3 Å². The largest absolute Gasteiger partial charge is 0.340 e. The van der Waals surface area contributed by atoms with Crippen molar-refractivity contribution in [3.05, 3.63) is 35.9 Å². The van der Waals surface area contributed by atoms with Crippen molar-refractivity contribution in [2.45, 2.75) is 19.9 Å². The Morgan fingerprint density at radius 3 is 2.64 bits per heavy atom. The van der Waals surface area contributed by atoms with Crippen LogP contribution in [-0.4, -0.2) is 11.0 Å². The van der Waals surface area contributed by atoms with E-state index in [1.807, 2.05) is 44.2 Å². The predicted octanol–water partition coefficient (Wildman–Crippen LogP) is 3.21. The lowest BCUT2D eigenvalue weighted by Crippen LogP contribution is -2.22. The molecule has 1 amide bonds. The van der Waals surface area contributed by atoms with Gasteiger partial charge < -0.3 is 5.32 Å². The van der Waals surface area contributed by atoms with E-state index < -0.39 is 0 Å². The molecule has 1 aromatic carbocycles. The number of benzene rings is 1.